The maximum atomic E-state index is 12.9. The van der Waals surface area contributed by atoms with Crippen molar-refractivity contribution in [3.8, 4) is 0 Å². The largest absolute Gasteiger partial charge is 0.351 e. The van der Waals surface area contributed by atoms with Crippen molar-refractivity contribution in [3.05, 3.63) is 75.8 Å². The summed E-state index contributed by atoms with van der Waals surface area (Å²) in [6.45, 7) is 4.15. The van der Waals surface area contributed by atoms with E-state index >= 15 is 0 Å². The van der Waals surface area contributed by atoms with E-state index in [9.17, 15) is 9.59 Å². The number of thioether (sulfide) groups is 1. The lowest BCUT2D eigenvalue weighted by molar-refractivity contribution is 0.0953. The van der Waals surface area contributed by atoms with Gasteiger partial charge in [0, 0.05) is 18.5 Å². The number of carbonyl (C=O) groups is 1. The van der Waals surface area contributed by atoms with E-state index in [1.165, 1.54) is 11.8 Å². The van der Waals surface area contributed by atoms with Gasteiger partial charge >= 0.3 is 0 Å². The van der Waals surface area contributed by atoms with Gasteiger partial charge in [-0.15, -0.1) is 16.9 Å². The summed E-state index contributed by atoms with van der Waals surface area (Å²) >= 11 is 1.48. The monoisotopic (exact) mass is 383 g/mol. The maximum absolute atomic E-state index is 12.9. The van der Waals surface area contributed by atoms with Gasteiger partial charge in [-0.2, -0.15) is 10.3 Å². The first-order valence-corrected chi connectivity index (χ1v) is 9.60. The Kier molecular flexibility index (Phi) is 6.08. The average Bonchev–Trinajstić information content (AvgIpc) is 3.19. The molecule has 0 saturated heterocycles. The van der Waals surface area contributed by atoms with Crippen molar-refractivity contribution >= 4 is 17.7 Å². The molecule has 140 valence electrons. The van der Waals surface area contributed by atoms with Crippen LogP contribution in [0, 0.1) is 6.92 Å². The quantitative estimate of drug-likeness (QED) is 0.483. The summed E-state index contributed by atoms with van der Waals surface area (Å²) in [5.41, 5.74) is 1.58. The highest BCUT2D eigenvalue weighted by Gasteiger charge is 2.18. The van der Waals surface area contributed by atoms with Crippen LogP contribution in [0.5, 0.6) is 0 Å². The molecule has 8 heteroatoms. The fraction of sp³-hybridized carbons (Fsp3) is 0.263. The van der Waals surface area contributed by atoms with E-state index in [4.69, 9.17) is 0 Å². The van der Waals surface area contributed by atoms with Gasteiger partial charge < -0.3 is 9.88 Å². The Balaban J connectivity index is 1.72. The van der Waals surface area contributed by atoms with Gasteiger partial charge in [-0.05, 0) is 31.0 Å². The second kappa shape index (κ2) is 8.68. The topological polar surface area (TPSA) is 92.7 Å². The third kappa shape index (κ3) is 4.46. The van der Waals surface area contributed by atoms with E-state index in [0.717, 1.165) is 10.6 Å². The molecule has 1 atom stereocenters. The maximum Gasteiger partial charge on any atom is 0.264 e. The summed E-state index contributed by atoms with van der Waals surface area (Å²) in [6.07, 6.45) is 3.37. The Morgan fingerprint density at radius 3 is 2.78 bits per heavy atom. The number of pyridine rings is 1. The van der Waals surface area contributed by atoms with Crippen LogP contribution in [0.2, 0.25) is 0 Å². The van der Waals surface area contributed by atoms with Gasteiger partial charge in [0.05, 0.1) is 12.2 Å². The van der Waals surface area contributed by atoms with Crippen LogP contribution in [0.4, 0.5) is 0 Å². The lowest BCUT2D eigenvalue weighted by Gasteiger charge is -2.17. The van der Waals surface area contributed by atoms with E-state index < -0.39 is 0 Å². The third-order valence-corrected chi connectivity index (χ3v) is 5.19. The normalized spacial score (nSPS) is 11.9. The van der Waals surface area contributed by atoms with Crippen molar-refractivity contribution in [1.29, 1.82) is 0 Å². The molecule has 1 amide bonds. The first-order chi connectivity index (χ1) is 13.1. The van der Waals surface area contributed by atoms with Gasteiger partial charge in [0.15, 0.2) is 0 Å². The fourth-order valence-corrected chi connectivity index (χ4v) is 3.43. The number of amides is 1. The molecular formula is C19H21N5O2S. The Hall–Kier alpha value is -2.87. The first kappa shape index (κ1) is 18.9. The van der Waals surface area contributed by atoms with Gasteiger partial charge in [-0.1, -0.05) is 30.3 Å². The molecule has 3 rings (SSSR count). The molecule has 0 radical (unpaired) electrons. The minimum Gasteiger partial charge on any atom is -0.351 e. The van der Waals surface area contributed by atoms with Crippen LogP contribution in [0.3, 0.4) is 0 Å². The Bertz CT molecular complexity index is 954. The number of aryl methyl sites for hydroxylation is 1. The molecule has 0 bridgehead atoms. The molecule has 2 N–H and O–H groups in total. The summed E-state index contributed by atoms with van der Waals surface area (Å²) in [4.78, 5) is 25.5. The van der Waals surface area contributed by atoms with Crippen LogP contribution in [-0.4, -0.2) is 38.2 Å². The van der Waals surface area contributed by atoms with Gasteiger partial charge in [0.1, 0.15) is 10.6 Å². The number of aromatic amines is 1. The van der Waals surface area contributed by atoms with E-state index in [2.05, 4.69) is 20.7 Å². The van der Waals surface area contributed by atoms with Crippen molar-refractivity contribution < 1.29 is 4.79 Å². The lowest BCUT2D eigenvalue weighted by atomic mass is 10.1. The Labute approximate surface area is 161 Å². The summed E-state index contributed by atoms with van der Waals surface area (Å²) in [5.74, 6) is 0.284. The van der Waals surface area contributed by atoms with Crippen LogP contribution in [0.1, 0.15) is 34.5 Å². The SMILES string of the molecule is Cc1ccn(C(C)c2ccccc2)c(=O)c1C(=O)NCCSc1cn[nH]n1. The molecule has 1 unspecified atom stereocenters. The summed E-state index contributed by atoms with van der Waals surface area (Å²) in [7, 11) is 0. The Morgan fingerprint density at radius 1 is 1.30 bits per heavy atom. The molecule has 0 spiro atoms. The standard InChI is InChI=1S/C19H21N5O2S/c1-13-8-10-24(14(2)15-6-4-3-5-7-15)19(26)17(13)18(25)20-9-11-27-16-12-21-23-22-16/h3-8,10,12,14H,9,11H2,1-2H3,(H,20,25)(H,21,22,23). The van der Waals surface area contributed by atoms with Crippen molar-refractivity contribution in [1.82, 2.24) is 25.3 Å². The molecule has 0 aliphatic carbocycles. The summed E-state index contributed by atoms with van der Waals surface area (Å²) in [6, 6.07) is 11.4. The molecule has 0 aliphatic rings. The lowest BCUT2D eigenvalue weighted by Crippen LogP contribution is -2.36. The van der Waals surface area contributed by atoms with Crippen molar-refractivity contribution in [2.24, 2.45) is 0 Å². The highest BCUT2D eigenvalue weighted by Crippen LogP contribution is 2.16. The first-order valence-electron chi connectivity index (χ1n) is 8.61. The third-order valence-electron chi connectivity index (χ3n) is 4.28. The molecule has 3 aromatic rings. The van der Waals surface area contributed by atoms with Crippen LogP contribution in [-0.2, 0) is 0 Å². The molecule has 27 heavy (non-hydrogen) atoms. The fourth-order valence-electron chi connectivity index (χ4n) is 2.78. The number of benzene rings is 1. The molecule has 0 saturated carbocycles. The number of nitrogens with one attached hydrogen (secondary N) is 2. The molecule has 7 nitrogen and oxygen atoms in total. The van der Waals surface area contributed by atoms with Gasteiger partial charge in [0.25, 0.3) is 11.5 Å². The zero-order valence-corrected chi connectivity index (χ0v) is 16.0. The molecule has 0 aliphatic heterocycles. The summed E-state index contributed by atoms with van der Waals surface area (Å²) in [5, 5.41) is 13.8. The van der Waals surface area contributed by atoms with Crippen LogP contribution in [0.15, 0.2) is 58.6 Å². The van der Waals surface area contributed by atoms with Crippen molar-refractivity contribution in [2.45, 2.75) is 24.9 Å². The number of aromatic nitrogens is 4. The smallest absolute Gasteiger partial charge is 0.264 e. The van der Waals surface area contributed by atoms with Gasteiger partial charge in [-0.25, -0.2) is 0 Å². The number of nitrogens with zero attached hydrogens (tertiary/aromatic N) is 3. The van der Waals surface area contributed by atoms with Crippen LogP contribution >= 0.6 is 11.8 Å². The number of rotatable bonds is 7. The molecular weight excluding hydrogens is 362 g/mol. The van der Waals surface area contributed by atoms with Crippen molar-refractivity contribution in [3.63, 3.8) is 0 Å². The molecule has 2 aromatic heterocycles. The molecule has 0 fully saturated rings. The van der Waals surface area contributed by atoms with E-state index in [-0.39, 0.29) is 23.1 Å². The van der Waals surface area contributed by atoms with E-state index in [1.54, 1.807) is 30.0 Å². The van der Waals surface area contributed by atoms with Crippen LogP contribution in [0.25, 0.3) is 0 Å². The average molecular weight is 383 g/mol. The van der Waals surface area contributed by atoms with E-state index in [1.807, 2.05) is 37.3 Å². The molecule has 1 aromatic carbocycles. The minimum atomic E-state index is -0.354. The van der Waals surface area contributed by atoms with E-state index in [0.29, 0.717) is 17.9 Å². The van der Waals surface area contributed by atoms with Gasteiger partial charge in [0.2, 0.25) is 0 Å². The molecule has 2 heterocycles. The second-order valence-electron chi connectivity index (χ2n) is 6.09. The number of carbonyl (C=O) groups excluding carboxylic acids is 1. The predicted octanol–water partition coefficient (Wildman–Crippen LogP) is 2.41. The zero-order valence-electron chi connectivity index (χ0n) is 15.2. The van der Waals surface area contributed by atoms with Crippen molar-refractivity contribution in [2.75, 3.05) is 12.3 Å². The minimum absolute atomic E-state index is 0.159. The highest BCUT2D eigenvalue weighted by atomic mass is 32.2. The second-order valence-corrected chi connectivity index (χ2v) is 7.20. The van der Waals surface area contributed by atoms with Crippen LogP contribution < -0.4 is 10.9 Å². The zero-order chi connectivity index (χ0) is 19.2. The number of H-pyrrole nitrogens is 1. The number of hydrogen-bond acceptors (Lipinski definition) is 5. The predicted molar refractivity (Wildman–Crippen MR) is 105 cm³/mol. The Morgan fingerprint density at radius 2 is 2.07 bits per heavy atom. The van der Waals surface area contributed by atoms with Gasteiger partial charge in [-0.3, -0.25) is 9.59 Å². The highest BCUT2D eigenvalue weighted by molar-refractivity contribution is 7.99. The summed E-state index contributed by atoms with van der Waals surface area (Å²) < 4.78 is 1.60. The number of hydrogen-bond donors (Lipinski definition) is 2.